The van der Waals surface area contributed by atoms with E-state index >= 15 is 0 Å². The first kappa shape index (κ1) is 20.0. The van der Waals surface area contributed by atoms with E-state index in [4.69, 9.17) is 4.99 Å². The van der Waals surface area contributed by atoms with Crippen LogP contribution in [0.4, 0.5) is 5.69 Å². The van der Waals surface area contributed by atoms with Crippen molar-refractivity contribution in [3.05, 3.63) is 45.7 Å². The van der Waals surface area contributed by atoms with Gasteiger partial charge in [0.05, 0.1) is 12.0 Å². The average molecular weight is 426 g/mol. The highest BCUT2D eigenvalue weighted by Crippen LogP contribution is 2.57. The molecule has 0 radical (unpaired) electrons. The summed E-state index contributed by atoms with van der Waals surface area (Å²) in [5, 5.41) is 5.15. The molecule has 30 heavy (non-hydrogen) atoms. The van der Waals surface area contributed by atoms with Gasteiger partial charge in [-0.05, 0) is 79.9 Å². The van der Waals surface area contributed by atoms with Gasteiger partial charge in [-0.3, -0.25) is 9.79 Å². The zero-order valence-corrected chi connectivity index (χ0v) is 19.2. The van der Waals surface area contributed by atoms with Crippen molar-refractivity contribution in [2.24, 2.45) is 29.8 Å². The first-order valence-electron chi connectivity index (χ1n) is 11.5. The molecular weight excluding hydrogens is 390 g/mol. The van der Waals surface area contributed by atoms with E-state index in [1.165, 1.54) is 44.1 Å². The van der Waals surface area contributed by atoms with Crippen molar-refractivity contribution in [2.45, 2.75) is 70.3 Å². The molecule has 2 aromatic rings. The number of carbonyl (C=O) groups excluding carboxylic acids is 1. The van der Waals surface area contributed by atoms with Gasteiger partial charge < -0.3 is 9.88 Å². The summed E-state index contributed by atoms with van der Waals surface area (Å²) in [7, 11) is 2.07. The second-order valence-electron chi connectivity index (χ2n) is 10.3. The molecular formula is C25H35N3OS. The van der Waals surface area contributed by atoms with Gasteiger partial charge >= 0.3 is 0 Å². The minimum absolute atomic E-state index is 0. The molecule has 0 unspecified atom stereocenters. The lowest BCUT2D eigenvalue weighted by molar-refractivity contribution is -0.115. The van der Waals surface area contributed by atoms with Gasteiger partial charge in [-0.1, -0.05) is 26.0 Å². The van der Waals surface area contributed by atoms with Gasteiger partial charge in [-0.2, -0.15) is 0 Å². The molecule has 6 rings (SSSR count). The SMILES string of the molecule is CC(C)c1ccc(NC(=O)Cc2csc(=NC34CC5CC(CC(C5)C3)C4)n2C)cc1.[HH]. The Labute approximate surface area is 184 Å². The minimum Gasteiger partial charge on any atom is -0.326 e. The molecule has 1 aromatic carbocycles. The van der Waals surface area contributed by atoms with Crippen molar-refractivity contribution in [3.63, 3.8) is 0 Å². The third-order valence-corrected chi connectivity index (χ3v) is 8.53. The highest BCUT2D eigenvalue weighted by atomic mass is 32.1. The Morgan fingerprint density at radius 2 is 1.77 bits per heavy atom. The molecule has 4 bridgehead atoms. The van der Waals surface area contributed by atoms with Crippen molar-refractivity contribution >= 4 is 22.9 Å². The number of amides is 1. The predicted octanol–water partition coefficient (Wildman–Crippen LogP) is 5.51. The number of nitrogens with one attached hydrogen (secondary N) is 1. The standard InChI is InChI=1S/C25H33N3OS.H2/c1-16(2)20-4-6-21(7-5-20)26-23(29)11-22-15-30-24(28(22)3)27-25-12-17-8-18(13-25)10-19(9-17)14-25;/h4-7,15-19H,8-14H2,1-3H3,(H,26,29);1H. The predicted molar refractivity (Wildman–Crippen MR) is 125 cm³/mol. The lowest BCUT2D eigenvalue weighted by Crippen LogP contribution is -2.50. The van der Waals surface area contributed by atoms with Crippen molar-refractivity contribution in [3.8, 4) is 0 Å². The van der Waals surface area contributed by atoms with Crippen LogP contribution in [0, 0.1) is 17.8 Å². The molecule has 0 saturated heterocycles. The highest BCUT2D eigenvalue weighted by Gasteiger charge is 2.51. The number of nitrogens with zero attached hydrogens (tertiary/aromatic N) is 2. The van der Waals surface area contributed by atoms with E-state index in [0.29, 0.717) is 12.3 Å². The maximum Gasteiger partial charge on any atom is 0.230 e. The normalized spacial score (nSPS) is 30.3. The number of hydrogen-bond acceptors (Lipinski definition) is 3. The van der Waals surface area contributed by atoms with Crippen molar-refractivity contribution in [1.82, 2.24) is 4.57 Å². The molecule has 4 aliphatic rings. The summed E-state index contributed by atoms with van der Waals surface area (Å²) >= 11 is 1.69. The first-order chi connectivity index (χ1) is 14.4. The maximum atomic E-state index is 12.6. The number of rotatable bonds is 5. The summed E-state index contributed by atoms with van der Waals surface area (Å²) in [6, 6.07) is 8.17. The maximum absolute atomic E-state index is 12.6. The van der Waals surface area contributed by atoms with Crippen LogP contribution >= 0.6 is 11.3 Å². The molecule has 0 aliphatic heterocycles. The van der Waals surface area contributed by atoms with Gasteiger partial charge in [0.1, 0.15) is 0 Å². The molecule has 1 heterocycles. The van der Waals surface area contributed by atoms with Crippen molar-refractivity contribution < 1.29 is 6.22 Å². The summed E-state index contributed by atoms with van der Waals surface area (Å²) in [5.74, 6) is 3.23. The van der Waals surface area contributed by atoms with Crippen LogP contribution in [-0.4, -0.2) is 16.0 Å². The second-order valence-corrected chi connectivity index (χ2v) is 11.2. The van der Waals surface area contributed by atoms with E-state index in [1.807, 2.05) is 12.1 Å². The molecule has 4 fully saturated rings. The van der Waals surface area contributed by atoms with Crippen molar-refractivity contribution in [2.75, 3.05) is 5.32 Å². The third-order valence-electron chi connectivity index (χ3n) is 7.56. The zero-order chi connectivity index (χ0) is 20.9. The van der Waals surface area contributed by atoms with Gasteiger partial charge in [0, 0.05) is 25.2 Å². The largest absolute Gasteiger partial charge is 0.326 e. The van der Waals surface area contributed by atoms with Gasteiger partial charge in [0.2, 0.25) is 5.91 Å². The Morgan fingerprint density at radius 1 is 1.17 bits per heavy atom. The summed E-state index contributed by atoms with van der Waals surface area (Å²) in [6.07, 6.45) is 8.53. The van der Waals surface area contributed by atoms with E-state index in [0.717, 1.165) is 33.9 Å². The summed E-state index contributed by atoms with van der Waals surface area (Å²) < 4.78 is 2.14. The molecule has 1 amide bonds. The van der Waals surface area contributed by atoms with E-state index in [-0.39, 0.29) is 12.9 Å². The number of thiazole rings is 1. The van der Waals surface area contributed by atoms with Crippen LogP contribution in [-0.2, 0) is 18.3 Å². The van der Waals surface area contributed by atoms with E-state index < -0.39 is 0 Å². The highest BCUT2D eigenvalue weighted by molar-refractivity contribution is 7.07. The average Bonchev–Trinajstić information content (AvgIpc) is 3.00. The van der Waals surface area contributed by atoms with Crippen LogP contribution in [0.5, 0.6) is 0 Å². The topological polar surface area (TPSA) is 46.4 Å². The Bertz CT molecular complexity index is 969. The fourth-order valence-corrected chi connectivity index (χ4v) is 7.39. The molecule has 4 aliphatic carbocycles. The molecule has 0 spiro atoms. The third kappa shape index (κ3) is 3.89. The lowest BCUT2D eigenvalue weighted by Gasteiger charge is -2.54. The first-order valence-corrected chi connectivity index (χ1v) is 12.4. The van der Waals surface area contributed by atoms with Gasteiger partial charge in [0.15, 0.2) is 4.80 Å². The van der Waals surface area contributed by atoms with Crippen LogP contribution in [0.1, 0.15) is 71.0 Å². The molecule has 1 N–H and O–H groups in total. The smallest absolute Gasteiger partial charge is 0.230 e. The van der Waals surface area contributed by atoms with Gasteiger partial charge in [-0.15, -0.1) is 11.3 Å². The lowest BCUT2D eigenvalue weighted by atomic mass is 9.53. The van der Waals surface area contributed by atoms with Gasteiger partial charge in [-0.25, -0.2) is 0 Å². The van der Waals surface area contributed by atoms with E-state index in [2.05, 4.69) is 48.3 Å². The Balaban J connectivity index is 0.00000231. The molecule has 5 heteroatoms. The molecule has 4 nitrogen and oxygen atoms in total. The quantitative estimate of drug-likeness (QED) is 0.675. The Morgan fingerprint density at radius 3 is 2.33 bits per heavy atom. The monoisotopic (exact) mass is 425 g/mol. The van der Waals surface area contributed by atoms with Gasteiger partial charge in [0.25, 0.3) is 0 Å². The van der Waals surface area contributed by atoms with Crippen molar-refractivity contribution in [1.29, 1.82) is 0 Å². The molecule has 1 aromatic heterocycles. The van der Waals surface area contributed by atoms with Crippen LogP contribution in [0.15, 0.2) is 34.6 Å². The molecule has 162 valence electrons. The Hall–Kier alpha value is -1.88. The fraction of sp³-hybridized carbons (Fsp3) is 0.600. The van der Waals surface area contributed by atoms with Crippen LogP contribution < -0.4 is 10.1 Å². The number of benzene rings is 1. The molecule has 0 atom stereocenters. The van der Waals surface area contributed by atoms with Crippen LogP contribution in [0.3, 0.4) is 0 Å². The summed E-state index contributed by atoms with van der Waals surface area (Å²) in [4.78, 5) is 19.0. The fourth-order valence-electron chi connectivity index (χ4n) is 6.39. The van der Waals surface area contributed by atoms with E-state index in [1.54, 1.807) is 11.3 Å². The van der Waals surface area contributed by atoms with Crippen LogP contribution in [0.2, 0.25) is 0 Å². The number of carbonyl (C=O) groups is 1. The van der Waals surface area contributed by atoms with Crippen LogP contribution in [0.25, 0.3) is 0 Å². The number of aromatic nitrogens is 1. The summed E-state index contributed by atoms with van der Waals surface area (Å²) in [5.41, 5.74) is 3.36. The second kappa shape index (κ2) is 7.67. The zero-order valence-electron chi connectivity index (χ0n) is 18.4. The number of hydrogen-bond donors (Lipinski definition) is 1. The minimum atomic E-state index is 0. The molecule has 4 saturated carbocycles. The number of anilines is 1. The van der Waals surface area contributed by atoms with E-state index in [9.17, 15) is 4.79 Å². The Kier molecular flexibility index (Phi) is 5.12. The summed E-state index contributed by atoms with van der Waals surface area (Å²) in [6.45, 7) is 4.35.